The first kappa shape index (κ1) is 14.2. The Morgan fingerprint density at radius 2 is 2.16 bits per heavy atom. The highest BCUT2D eigenvalue weighted by Gasteiger charge is 2.12. The fourth-order valence-electron chi connectivity index (χ4n) is 2.17. The van der Waals surface area contributed by atoms with Crippen LogP contribution in [0.1, 0.15) is 12.5 Å². The number of hydrogen-bond acceptors (Lipinski definition) is 4. The molecule has 2 N–H and O–H groups in total. The Morgan fingerprint density at radius 3 is 2.89 bits per heavy atom. The number of aromatic nitrogens is 1. The summed E-state index contributed by atoms with van der Waals surface area (Å²) in [5, 5.41) is 1.05. The van der Waals surface area contributed by atoms with Crippen molar-refractivity contribution in [3.05, 3.63) is 36.0 Å². The van der Waals surface area contributed by atoms with Gasteiger partial charge in [-0.15, -0.1) is 0 Å². The van der Waals surface area contributed by atoms with E-state index in [1.54, 1.807) is 0 Å². The summed E-state index contributed by atoms with van der Waals surface area (Å²) in [6, 6.07) is 8.58. The van der Waals surface area contributed by atoms with E-state index in [2.05, 4.69) is 36.2 Å². The lowest BCUT2D eigenvalue weighted by Crippen LogP contribution is -2.30. The molecule has 4 heteroatoms. The van der Waals surface area contributed by atoms with Crippen LogP contribution in [0.2, 0.25) is 0 Å². The number of hydrogen-bond donors (Lipinski definition) is 1. The molecular formula is C15H21N3S. The summed E-state index contributed by atoms with van der Waals surface area (Å²) in [6.45, 7) is 3.15. The lowest BCUT2D eigenvalue weighted by atomic mass is 10.1. The molecule has 1 aromatic carbocycles. The molecule has 0 bridgehead atoms. The number of nitrogens with two attached hydrogens (primary N) is 1. The zero-order chi connectivity index (χ0) is 13.8. The molecule has 0 saturated carbocycles. The van der Waals surface area contributed by atoms with Crippen molar-refractivity contribution in [2.24, 2.45) is 0 Å². The summed E-state index contributed by atoms with van der Waals surface area (Å²) >= 11 is 1.88. The molecule has 0 radical (unpaired) electrons. The van der Waals surface area contributed by atoms with Gasteiger partial charge in [0.25, 0.3) is 0 Å². The second-order valence-corrected chi connectivity index (χ2v) is 5.84. The fraction of sp³-hybridized carbons (Fsp3) is 0.400. The van der Waals surface area contributed by atoms with Crippen molar-refractivity contribution < 1.29 is 0 Å². The monoisotopic (exact) mass is 275 g/mol. The Bertz CT molecular complexity index is 556. The van der Waals surface area contributed by atoms with E-state index in [1.807, 2.05) is 36.2 Å². The SMILES string of the molecule is CSCC(C)N(C)Cc1ccc(N)c2cccnc12. The molecule has 19 heavy (non-hydrogen) atoms. The van der Waals surface area contributed by atoms with Crippen LogP contribution in [0.5, 0.6) is 0 Å². The van der Waals surface area contributed by atoms with Crippen molar-refractivity contribution in [3.8, 4) is 0 Å². The average molecular weight is 275 g/mol. The van der Waals surface area contributed by atoms with Crippen LogP contribution < -0.4 is 5.73 Å². The molecule has 1 atom stereocenters. The Morgan fingerprint density at radius 1 is 1.37 bits per heavy atom. The average Bonchev–Trinajstić information content (AvgIpc) is 2.42. The van der Waals surface area contributed by atoms with Gasteiger partial charge in [-0.3, -0.25) is 9.88 Å². The maximum absolute atomic E-state index is 6.01. The van der Waals surface area contributed by atoms with E-state index in [0.717, 1.165) is 28.9 Å². The second kappa shape index (κ2) is 6.26. The summed E-state index contributed by atoms with van der Waals surface area (Å²) in [5.41, 5.74) is 9.06. The molecule has 0 saturated heterocycles. The minimum Gasteiger partial charge on any atom is -0.398 e. The highest BCUT2D eigenvalue weighted by atomic mass is 32.2. The summed E-state index contributed by atoms with van der Waals surface area (Å²) in [7, 11) is 2.16. The number of thioether (sulfide) groups is 1. The molecule has 102 valence electrons. The summed E-state index contributed by atoms with van der Waals surface area (Å²) in [4.78, 5) is 6.85. The normalized spacial score (nSPS) is 13.1. The van der Waals surface area contributed by atoms with Gasteiger partial charge >= 0.3 is 0 Å². The Hall–Kier alpha value is -1.26. The smallest absolute Gasteiger partial charge is 0.0767 e. The van der Waals surface area contributed by atoms with E-state index >= 15 is 0 Å². The predicted octanol–water partition coefficient (Wildman–Crippen LogP) is 3.00. The van der Waals surface area contributed by atoms with Gasteiger partial charge in [-0.05, 0) is 44.0 Å². The maximum atomic E-state index is 6.01. The number of pyridine rings is 1. The van der Waals surface area contributed by atoms with E-state index < -0.39 is 0 Å². The van der Waals surface area contributed by atoms with E-state index in [1.165, 1.54) is 5.56 Å². The van der Waals surface area contributed by atoms with Crippen LogP contribution in [0.15, 0.2) is 30.5 Å². The minimum atomic E-state index is 0.548. The first-order valence-corrected chi connectivity index (χ1v) is 7.84. The van der Waals surface area contributed by atoms with Crippen molar-refractivity contribution in [1.29, 1.82) is 0 Å². The molecule has 0 aliphatic rings. The number of anilines is 1. The third-order valence-electron chi connectivity index (χ3n) is 3.47. The lowest BCUT2D eigenvalue weighted by Gasteiger charge is -2.24. The van der Waals surface area contributed by atoms with Gasteiger partial charge in [0, 0.05) is 35.6 Å². The first-order chi connectivity index (χ1) is 9.13. The molecule has 1 heterocycles. The van der Waals surface area contributed by atoms with Crippen LogP contribution in [0, 0.1) is 0 Å². The van der Waals surface area contributed by atoms with E-state index in [4.69, 9.17) is 5.73 Å². The number of benzene rings is 1. The molecular weight excluding hydrogens is 254 g/mol. The van der Waals surface area contributed by atoms with Gasteiger partial charge in [0.2, 0.25) is 0 Å². The van der Waals surface area contributed by atoms with Crippen LogP contribution in [0.3, 0.4) is 0 Å². The van der Waals surface area contributed by atoms with Gasteiger partial charge in [-0.25, -0.2) is 0 Å². The van der Waals surface area contributed by atoms with Gasteiger partial charge in [-0.2, -0.15) is 11.8 Å². The van der Waals surface area contributed by atoms with Crippen LogP contribution in [0.25, 0.3) is 10.9 Å². The molecule has 1 aromatic heterocycles. The van der Waals surface area contributed by atoms with Gasteiger partial charge in [0.05, 0.1) is 5.52 Å². The van der Waals surface area contributed by atoms with Crippen LogP contribution >= 0.6 is 11.8 Å². The molecule has 0 amide bonds. The number of fused-ring (bicyclic) bond motifs is 1. The topological polar surface area (TPSA) is 42.1 Å². The molecule has 3 nitrogen and oxygen atoms in total. The predicted molar refractivity (Wildman–Crippen MR) is 85.5 cm³/mol. The van der Waals surface area contributed by atoms with E-state index in [9.17, 15) is 0 Å². The van der Waals surface area contributed by atoms with Gasteiger partial charge in [0.1, 0.15) is 0 Å². The maximum Gasteiger partial charge on any atom is 0.0767 e. The summed E-state index contributed by atoms with van der Waals surface area (Å²) < 4.78 is 0. The highest BCUT2D eigenvalue weighted by molar-refractivity contribution is 7.98. The van der Waals surface area contributed by atoms with Crippen molar-refractivity contribution in [2.75, 3.05) is 24.8 Å². The summed E-state index contributed by atoms with van der Waals surface area (Å²) in [6.07, 6.45) is 3.97. The largest absolute Gasteiger partial charge is 0.398 e. The zero-order valence-electron chi connectivity index (χ0n) is 11.8. The third-order valence-corrected chi connectivity index (χ3v) is 4.28. The van der Waals surface area contributed by atoms with Crippen molar-refractivity contribution in [2.45, 2.75) is 19.5 Å². The molecule has 0 spiro atoms. The third kappa shape index (κ3) is 3.19. The van der Waals surface area contributed by atoms with Crippen LogP contribution in [-0.4, -0.2) is 35.0 Å². The minimum absolute atomic E-state index is 0.548. The van der Waals surface area contributed by atoms with Gasteiger partial charge in [-0.1, -0.05) is 6.07 Å². The molecule has 0 fully saturated rings. The first-order valence-electron chi connectivity index (χ1n) is 6.44. The molecule has 2 rings (SSSR count). The molecule has 0 aliphatic carbocycles. The molecule has 0 aliphatic heterocycles. The van der Waals surface area contributed by atoms with Crippen LogP contribution in [0.4, 0.5) is 5.69 Å². The zero-order valence-corrected chi connectivity index (χ0v) is 12.6. The Labute approximate surface area is 119 Å². The van der Waals surface area contributed by atoms with Gasteiger partial charge in [0.15, 0.2) is 0 Å². The highest BCUT2D eigenvalue weighted by Crippen LogP contribution is 2.23. The number of nitrogen functional groups attached to an aromatic ring is 1. The van der Waals surface area contributed by atoms with E-state index in [0.29, 0.717) is 6.04 Å². The quantitative estimate of drug-likeness (QED) is 0.852. The van der Waals surface area contributed by atoms with Crippen molar-refractivity contribution in [1.82, 2.24) is 9.88 Å². The molecule has 1 unspecified atom stereocenters. The fourth-order valence-corrected chi connectivity index (χ4v) is 2.91. The Kier molecular flexibility index (Phi) is 4.66. The Balaban J connectivity index is 2.28. The number of nitrogens with zero attached hydrogens (tertiary/aromatic N) is 2. The summed E-state index contributed by atoms with van der Waals surface area (Å²) in [5.74, 6) is 1.14. The molecule has 2 aromatic rings. The van der Waals surface area contributed by atoms with Crippen molar-refractivity contribution >= 4 is 28.4 Å². The number of rotatable bonds is 5. The van der Waals surface area contributed by atoms with E-state index in [-0.39, 0.29) is 0 Å². The van der Waals surface area contributed by atoms with Crippen LogP contribution in [-0.2, 0) is 6.54 Å². The standard InChI is InChI=1S/C15H21N3S/c1-11(10-19-3)18(2)9-12-6-7-14(16)13-5-4-8-17-15(12)13/h4-8,11H,9-10,16H2,1-3H3. The second-order valence-electron chi connectivity index (χ2n) is 4.93. The van der Waals surface area contributed by atoms with Crippen molar-refractivity contribution in [3.63, 3.8) is 0 Å². The lowest BCUT2D eigenvalue weighted by molar-refractivity contribution is 0.270. The van der Waals surface area contributed by atoms with Gasteiger partial charge < -0.3 is 5.73 Å².